The molecule has 4 aromatic rings. The van der Waals surface area contributed by atoms with E-state index in [0.29, 0.717) is 47.4 Å². The number of rotatable bonds is 11. The van der Waals surface area contributed by atoms with Gasteiger partial charge in [-0.2, -0.15) is 4.98 Å². The second-order valence-corrected chi connectivity index (χ2v) is 19.9. The first kappa shape index (κ1) is 42.3. The van der Waals surface area contributed by atoms with E-state index in [2.05, 4.69) is 90.3 Å². The Morgan fingerprint density at radius 2 is 1.42 bits per heavy atom. The number of piperidine rings is 3. The molecular formula is C46H56ClN10O4P. The van der Waals surface area contributed by atoms with Crippen molar-refractivity contribution >= 4 is 77.1 Å². The number of nitrogens with zero attached hydrogens (tertiary/aromatic N) is 7. The Morgan fingerprint density at radius 3 is 2.06 bits per heavy atom. The zero-order valence-electron chi connectivity index (χ0n) is 35.8. The van der Waals surface area contributed by atoms with E-state index in [1.54, 1.807) is 18.2 Å². The van der Waals surface area contributed by atoms with E-state index in [1.807, 2.05) is 24.3 Å². The van der Waals surface area contributed by atoms with Gasteiger partial charge in [-0.25, -0.2) is 4.98 Å². The summed E-state index contributed by atoms with van der Waals surface area (Å²) >= 11 is 6.54. The molecule has 4 saturated heterocycles. The van der Waals surface area contributed by atoms with Crippen LogP contribution in [-0.4, -0.2) is 133 Å². The normalized spacial score (nSPS) is 20.8. The highest BCUT2D eigenvalue weighted by Crippen LogP contribution is 2.36. The summed E-state index contributed by atoms with van der Waals surface area (Å²) in [6.45, 7) is 13.3. The Labute approximate surface area is 370 Å². The molecule has 16 heteroatoms. The Balaban J connectivity index is 0.733. The molecule has 1 aromatic heterocycles. The van der Waals surface area contributed by atoms with Gasteiger partial charge in [0, 0.05) is 106 Å². The summed E-state index contributed by atoms with van der Waals surface area (Å²) < 4.78 is 5.86. The summed E-state index contributed by atoms with van der Waals surface area (Å²) in [7, 11) is 1.38. The zero-order valence-corrected chi connectivity index (χ0v) is 37.4. The van der Waals surface area contributed by atoms with Crippen LogP contribution in [0.15, 0.2) is 66.9 Å². The summed E-state index contributed by atoms with van der Waals surface area (Å²) in [4.78, 5) is 58.5. The van der Waals surface area contributed by atoms with E-state index in [0.717, 1.165) is 112 Å². The van der Waals surface area contributed by atoms with Gasteiger partial charge in [0.05, 0.1) is 19.0 Å². The molecule has 326 valence electrons. The monoisotopic (exact) mass is 878 g/mol. The van der Waals surface area contributed by atoms with Gasteiger partial charge in [0.2, 0.25) is 17.8 Å². The quantitative estimate of drug-likeness (QED) is 0.120. The van der Waals surface area contributed by atoms with Crippen LogP contribution in [0.5, 0.6) is 5.75 Å². The number of methoxy groups -OCH3 is 1. The SMILES string of the molecule is COc1cc(N2CCC(N3CCN(C4CCN(c5ccc6c(c5)CN(C5CCC(=O)NC5=O)C6=O)CC4)CC3)CC2)ccc1Nc1ncc(Cl)c(Nc2ccccc2P(C)C)n1. The van der Waals surface area contributed by atoms with Crippen LogP contribution in [0, 0.1) is 0 Å². The van der Waals surface area contributed by atoms with Crippen molar-refractivity contribution in [3.05, 3.63) is 83.0 Å². The third kappa shape index (κ3) is 8.93. The fourth-order valence-corrected chi connectivity index (χ4v) is 11.1. The molecule has 3 amide bonds. The second-order valence-electron chi connectivity index (χ2n) is 17.2. The smallest absolute Gasteiger partial charge is 0.255 e. The van der Waals surface area contributed by atoms with Gasteiger partial charge in [-0.1, -0.05) is 37.7 Å². The lowest BCUT2D eigenvalue weighted by atomic mass is 9.99. The molecule has 4 fully saturated rings. The van der Waals surface area contributed by atoms with Crippen molar-refractivity contribution in [2.45, 2.75) is 63.2 Å². The lowest BCUT2D eigenvalue weighted by molar-refractivity contribution is -0.136. The second kappa shape index (κ2) is 18.4. The summed E-state index contributed by atoms with van der Waals surface area (Å²) in [5.74, 6) is 0.946. The predicted molar refractivity (Wildman–Crippen MR) is 248 cm³/mol. The van der Waals surface area contributed by atoms with Crippen LogP contribution in [0.3, 0.4) is 0 Å². The van der Waals surface area contributed by atoms with Crippen molar-refractivity contribution in [2.75, 3.05) is 93.2 Å². The number of carbonyl (C=O) groups excluding carboxylic acids is 3. The van der Waals surface area contributed by atoms with Gasteiger partial charge in [0.15, 0.2) is 5.82 Å². The first-order valence-corrected chi connectivity index (χ1v) is 24.5. The molecule has 3 N–H and O–H groups in total. The van der Waals surface area contributed by atoms with Crippen LogP contribution in [0.2, 0.25) is 5.02 Å². The van der Waals surface area contributed by atoms with E-state index in [9.17, 15) is 14.4 Å². The number of benzene rings is 3. The van der Waals surface area contributed by atoms with Crippen LogP contribution < -0.4 is 35.8 Å². The van der Waals surface area contributed by atoms with Crippen LogP contribution in [0.4, 0.5) is 34.5 Å². The van der Waals surface area contributed by atoms with Crippen molar-refractivity contribution in [3.63, 3.8) is 0 Å². The standard InChI is InChI=1S/C46H56ClN10O4P/c1-61-40-27-34(9-11-37(40)50-46-48-28-36(47)43(52-46)49-38-6-4-5-7-41(38)62(2)3)54-20-16-32(17-21-54)56-24-22-55(23-25-56)31-14-18-53(19-15-31)33-8-10-35-30(26-33)29-57(45(35)60)39-12-13-42(58)51-44(39)59/h4-11,26-28,31-32,39H,12-25,29H2,1-3H3,(H,51,58,59)(H2,48,49,50,52). The van der Waals surface area contributed by atoms with E-state index < -0.39 is 6.04 Å². The molecule has 5 aliphatic heterocycles. The molecule has 0 spiro atoms. The highest BCUT2D eigenvalue weighted by atomic mass is 35.5. The van der Waals surface area contributed by atoms with Gasteiger partial charge in [-0.3, -0.25) is 29.5 Å². The number of anilines is 6. The van der Waals surface area contributed by atoms with Crippen molar-refractivity contribution in [1.82, 2.24) is 30.0 Å². The number of para-hydroxylation sites is 1. The number of piperazine rings is 1. The molecule has 3 aromatic carbocycles. The average Bonchev–Trinajstić information content (AvgIpc) is 3.62. The molecule has 14 nitrogen and oxygen atoms in total. The van der Waals surface area contributed by atoms with Crippen molar-refractivity contribution < 1.29 is 19.1 Å². The number of halogens is 1. The highest BCUT2D eigenvalue weighted by molar-refractivity contribution is 7.64. The van der Waals surface area contributed by atoms with Gasteiger partial charge >= 0.3 is 0 Å². The van der Waals surface area contributed by atoms with E-state index >= 15 is 0 Å². The first-order chi connectivity index (χ1) is 30.1. The number of imide groups is 1. The number of carbonyl (C=O) groups is 3. The van der Waals surface area contributed by atoms with Crippen molar-refractivity contribution in [3.8, 4) is 5.75 Å². The number of fused-ring (bicyclic) bond motifs is 1. The van der Waals surface area contributed by atoms with E-state index in [-0.39, 0.29) is 32.1 Å². The van der Waals surface area contributed by atoms with Crippen molar-refractivity contribution in [2.24, 2.45) is 0 Å². The van der Waals surface area contributed by atoms with Gasteiger partial charge in [0.1, 0.15) is 16.8 Å². The fraction of sp³-hybridized carbons (Fsp3) is 0.457. The minimum atomic E-state index is -0.590. The molecule has 5 aliphatic rings. The van der Waals surface area contributed by atoms with Crippen molar-refractivity contribution in [1.29, 1.82) is 0 Å². The van der Waals surface area contributed by atoms with E-state index in [4.69, 9.17) is 21.3 Å². The number of hydrogen-bond acceptors (Lipinski definition) is 12. The first-order valence-electron chi connectivity index (χ1n) is 21.9. The van der Waals surface area contributed by atoms with Crippen LogP contribution in [0.1, 0.15) is 54.4 Å². The summed E-state index contributed by atoms with van der Waals surface area (Å²) in [5.41, 5.74) is 5.70. The van der Waals surface area contributed by atoms with E-state index in [1.165, 1.54) is 5.30 Å². The number of nitrogens with one attached hydrogen (secondary N) is 3. The van der Waals surface area contributed by atoms with Gasteiger partial charge in [-0.15, -0.1) is 0 Å². The maximum Gasteiger partial charge on any atom is 0.255 e. The number of hydrogen-bond donors (Lipinski definition) is 3. The molecule has 62 heavy (non-hydrogen) atoms. The summed E-state index contributed by atoms with van der Waals surface area (Å²) in [6, 6.07) is 21.2. The Kier molecular flexibility index (Phi) is 12.5. The lowest BCUT2D eigenvalue weighted by Gasteiger charge is -2.46. The lowest BCUT2D eigenvalue weighted by Crippen LogP contribution is -2.56. The molecule has 0 saturated carbocycles. The molecule has 9 rings (SSSR count). The Hall–Kier alpha value is -5.01. The topological polar surface area (TPSA) is 139 Å². The zero-order chi connectivity index (χ0) is 42.9. The molecule has 0 bridgehead atoms. The molecule has 0 aliphatic carbocycles. The minimum Gasteiger partial charge on any atom is -0.494 e. The molecule has 0 radical (unpaired) electrons. The van der Waals surface area contributed by atoms with Gasteiger partial charge in [-0.05, 0) is 92.7 Å². The third-order valence-corrected chi connectivity index (χ3v) is 15.0. The molecule has 1 unspecified atom stereocenters. The molecule has 6 heterocycles. The van der Waals surface area contributed by atoms with Crippen LogP contribution in [-0.2, 0) is 16.1 Å². The van der Waals surface area contributed by atoms with Gasteiger partial charge in [0.25, 0.3) is 5.91 Å². The maximum atomic E-state index is 13.2. The fourth-order valence-electron chi connectivity index (χ4n) is 9.92. The Bertz CT molecular complexity index is 2310. The maximum absolute atomic E-state index is 13.2. The number of amides is 3. The number of ether oxygens (including phenoxy) is 1. The summed E-state index contributed by atoms with van der Waals surface area (Å²) in [5, 5.41) is 10.9. The number of aromatic nitrogens is 2. The third-order valence-electron chi connectivity index (χ3n) is 13.4. The van der Waals surface area contributed by atoms with Crippen LogP contribution >= 0.6 is 19.5 Å². The predicted octanol–water partition coefficient (Wildman–Crippen LogP) is 6.01. The summed E-state index contributed by atoms with van der Waals surface area (Å²) in [6.07, 6.45) is 6.75. The van der Waals surface area contributed by atoms with Gasteiger partial charge < -0.3 is 30.1 Å². The molecule has 1 atom stereocenters. The minimum absolute atomic E-state index is 0.122. The largest absolute Gasteiger partial charge is 0.494 e. The highest BCUT2D eigenvalue weighted by Gasteiger charge is 2.39. The van der Waals surface area contributed by atoms with Crippen LogP contribution in [0.25, 0.3) is 0 Å². The Morgan fingerprint density at radius 1 is 0.774 bits per heavy atom. The average molecular weight is 879 g/mol. The molecular weight excluding hydrogens is 823 g/mol.